The molecule has 1 aliphatic rings. The molecule has 0 aromatic heterocycles. The minimum atomic E-state index is 0.0260. The number of rotatable bonds is 3. The van der Waals surface area contributed by atoms with Crippen LogP contribution in [0.2, 0.25) is 0 Å². The van der Waals surface area contributed by atoms with Crippen molar-refractivity contribution in [3.8, 4) is 0 Å². The van der Waals surface area contributed by atoms with Crippen LogP contribution in [0.3, 0.4) is 0 Å². The predicted octanol–water partition coefficient (Wildman–Crippen LogP) is 2.36. The normalized spacial score (nSPS) is 16.2. The third-order valence-corrected chi connectivity index (χ3v) is 2.23. The second-order valence-corrected chi connectivity index (χ2v) is 3.60. The maximum atomic E-state index is 10.6. The summed E-state index contributed by atoms with van der Waals surface area (Å²) in [7, 11) is 0. The predicted molar refractivity (Wildman–Crippen MR) is 54.6 cm³/mol. The molecule has 2 nitrogen and oxygen atoms in total. The summed E-state index contributed by atoms with van der Waals surface area (Å²) in [6.45, 7) is 2.24. The molecule has 0 bridgehead atoms. The van der Waals surface area contributed by atoms with Gasteiger partial charge in [-0.15, -0.1) is 0 Å². The van der Waals surface area contributed by atoms with Gasteiger partial charge in [-0.2, -0.15) is 0 Å². The molecule has 0 atom stereocenters. The summed E-state index contributed by atoms with van der Waals surface area (Å²) in [5.74, 6) is 0.0260. The van der Waals surface area contributed by atoms with Gasteiger partial charge in [0.2, 0.25) is 5.91 Å². The molecule has 13 heavy (non-hydrogen) atoms. The summed E-state index contributed by atoms with van der Waals surface area (Å²) in [5.41, 5.74) is 1.32. The van der Waals surface area contributed by atoms with Gasteiger partial charge < -0.3 is 5.32 Å². The first-order valence-corrected chi connectivity index (χ1v) is 4.86. The van der Waals surface area contributed by atoms with E-state index in [0.29, 0.717) is 6.54 Å². The van der Waals surface area contributed by atoms with E-state index >= 15 is 0 Å². The van der Waals surface area contributed by atoms with Crippen molar-refractivity contribution in [1.82, 2.24) is 5.32 Å². The van der Waals surface area contributed by atoms with E-state index in [0.717, 1.165) is 24.3 Å². The minimum Gasteiger partial charge on any atom is -0.356 e. The van der Waals surface area contributed by atoms with E-state index in [1.54, 1.807) is 0 Å². The van der Waals surface area contributed by atoms with Gasteiger partial charge in [-0.1, -0.05) is 23.3 Å². The Hall–Kier alpha value is -0.760. The van der Waals surface area contributed by atoms with Crippen molar-refractivity contribution in [2.45, 2.75) is 26.2 Å². The van der Waals surface area contributed by atoms with E-state index in [2.05, 4.69) is 5.32 Å². The molecule has 0 heterocycles. The number of halogens is 1. The zero-order valence-electron chi connectivity index (χ0n) is 7.77. The molecule has 0 aromatic rings. The van der Waals surface area contributed by atoms with E-state index in [1.165, 1.54) is 12.5 Å². The van der Waals surface area contributed by atoms with Crippen LogP contribution in [0.1, 0.15) is 26.2 Å². The van der Waals surface area contributed by atoms with Crippen LogP contribution < -0.4 is 5.32 Å². The average molecular weight is 200 g/mol. The van der Waals surface area contributed by atoms with Gasteiger partial charge in [0, 0.05) is 18.5 Å². The maximum absolute atomic E-state index is 10.6. The van der Waals surface area contributed by atoms with Crippen molar-refractivity contribution in [2.75, 3.05) is 6.54 Å². The van der Waals surface area contributed by atoms with Gasteiger partial charge in [-0.25, -0.2) is 0 Å². The standard InChI is InChI=1S/C10H14ClNO/c1-8(13)12-6-5-9-3-2-4-10(11)7-9/h4,7H,2-3,5-6H2,1H3,(H,12,13). The smallest absolute Gasteiger partial charge is 0.216 e. The summed E-state index contributed by atoms with van der Waals surface area (Å²) < 4.78 is 0. The van der Waals surface area contributed by atoms with Crippen LogP contribution in [0.25, 0.3) is 0 Å². The molecule has 0 saturated heterocycles. The van der Waals surface area contributed by atoms with Crippen LogP contribution in [0.4, 0.5) is 0 Å². The minimum absolute atomic E-state index is 0.0260. The first kappa shape index (κ1) is 10.3. The summed E-state index contributed by atoms with van der Waals surface area (Å²) in [6.07, 6.45) is 7.00. The second kappa shape index (κ2) is 5.07. The van der Waals surface area contributed by atoms with Crippen LogP contribution in [-0.4, -0.2) is 12.5 Å². The van der Waals surface area contributed by atoms with Gasteiger partial charge in [-0.05, 0) is 25.3 Å². The second-order valence-electron chi connectivity index (χ2n) is 3.16. The van der Waals surface area contributed by atoms with Crippen molar-refractivity contribution < 1.29 is 4.79 Å². The molecule has 0 radical (unpaired) electrons. The van der Waals surface area contributed by atoms with Crippen LogP contribution in [0.5, 0.6) is 0 Å². The molecule has 1 rings (SSSR count). The number of allylic oxidation sites excluding steroid dienone is 3. The molecule has 0 unspecified atom stereocenters. The summed E-state index contributed by atoms with van der Waals surface area (Å²) >= 11 is 5.85. The van der Waals surface area contributed by atoms with E-state index < -0.39 is 0 Å². The fraction of sp³-hybridized carbons (Fsp3) is 0.500. The molecule has 1 aliphatic carbocycles. The quantitative estimate of drug-likeness (QED) is 0.743. The van der Waals surface area contributed by atoms with Gasteiger partial charge in [0.1, 0.15) is 0 Å². The Balaban J connectivity index is 2.29. The zero-order valence-corrected chi connectivity index (χ0v) is 8.53. The van der Waals surface area contributed by atoms with E-state index in [1.807, 2.05) is 12.2 Å². The fourth-order valence-corrected chi connectivity index (χ4v) is 1.58. The Bertz CT molecular complexity index is 256. The lowest BCUT2D eigenvalue weighted by Crippen LogP contribution is -2.21. The molecule has 1 N–H and O–H groups in total. The van der Waals surface area contributed by atoms with E-state index in [4.69, 9.17) is 11.6 Å². The number of carbonyl (C=O) groups is 1. The largest absolute Gasteiger partial charge is 0.356 e. The Morgan fingerprint density at radius 2 is 2.46 bits per heavy atom. The molecule has 0 spiro atoms. The highest BCUT2D eigenvalue weighted by Gasteiger charge is 2.03. The van der Waals surface area contributed by atoms with E-state index in [9.17, 15) is 4.79 Å². The molecule has 0 aromatic carbocycles. The lowest BCUT2D eigenvalue weighted by molar-refractivity contribution is -0.118. The molecule has 0 saturated carbocycles. The summed E-state index contributed by atoms with van der Waals surface area (Å²) in [6, 6.07) is 0. The van der Waals surface area contributed by atoms with Crippen LogP contribution in [0.15, 0.2) is 22.8 Å². The number of hydrogen-bond acceptors (Lipinski definition) is 1. The highest BCUT2D eigenvalue weighted by molar-refractivity contribution is 6.31. The number of carbonyl (C=O) groups excluding carboxylic acids is 1. The van der Waals surface area contributed by atoms with Crippen molar-refractivity contribution in [1.29, 1.82) is 0 Å². The van der Waals surface area contributed by atoms with Crippen LogP contribution >= 0.6 is 11.6 Å². The van der Waals surface area contributed by atoms with Crippen molar-refractivity contribution in [3.63, 3.8) is 0 Å². The third kappa shape index (κ3) is 4.13. The molecule has 3 heteroatoms. The summed E-state index contributed by atoms with van der Waals surface area (Å²) in [4.78, 5) is 10.6. The Kier molecular flexibility index (Phi) is 4.03. The highest BCUT2D eigenvalue weighted by Crippen LogP contribution is 2.21. The van der Waals surface area contributed by atoms with E-state index in [-0.39, 0.29) is 5.91 Å². The van der Waals surface area contributed by atoms with Gasteiger partial charge >= 0.3 is 0 Å². The van der Waals surface area contributed by atoms with Crippen molar-refractivity contribution in [2.24, 2.45) is 0 Å². The van der Waals surface area contributed by atoms with Gasteiger partial charge in [0.05, 0.1) is 0 Å². The number of nitrogens with one attached hydrogen (secondary N) is 1. The molecule has 0 fully saturated rings. The van der Waals surface area contributed by atoms with Crippen molar-refractivity contribution in [3.05, 3.63) is 22.8 Å². The van der Waals surface area contributed by atoms with Gasteiger partial charge in [-0.3, -0.25) is 4.79 Å². The topological polar surface area (TPSA) is 29.1 Å². The first-order valence-electron chi connectivity index (χ1n) is 4.48. The number of hydrogen-bond donors (Lipinski definition) is 1. The molecule has 1 amide bonds. The van der Waals surface area contributed by atoms with Crippen molar-refractivity contribution >= 4 is 17.5 Å². The van der Waals surface area contributed by atoms with Gasteiger partial charge in [0.15, 0.2) is 0 Å². The average Bonchev–Trinajstić information content (AvgIpc) is 2.03. The van der Waals surface area contributed by atoms with Crippen LogP contribution in [0, 0.1) is 0 Å². The van der Waals surface area contributed by atoms with Crippen LogP contribution in [-0.2, 0) is 4.79 Å². The zero-order chi connectivity index (χ0) is 9.68. The first-order chi connectivity index (χ1) is 6.18. The van der Waals surface area contributed by atoms with Gasteiger partial charge in [0.25, 0.3) is 0 Å². The molecule has 0 aliphatic heterocycles. The SMILES string of the molecule is CC(=O)NCCC1=CC(Cl)=CCC1. The summed E-state index contributed by atoms with van der Waals surface area (Å²) in [5, 5.41) is 3.59. The lowest BCUT2D eigenvalue weighted by Gasteiger charge is -2.10. The maximum Gasteiger partial charge on any atom is 0.216 e. The number of amides is 1. The monoisotopic (exact) mass is 199 g/mol. The Morgan fingerprint density at radius 1 is 1.69 bits per heavy atom. The molecule has 72 valence electrons. The molecular weight excluding hydrogens is 186 g/mol. The Labute approximate surface area is 83.7 Å². The Morgan fingerprint density at radius 3 is 3.08 bits per heavy atom. The highest BCUT2D eigenvalue weighted by atomic mass is 35.5. The lowest BCUT2D eigenvalue weighted by atomic mass is 10.0. The molecular formula is C10H14ClNO. The third-order valence-electron chi connectivity index (χ3n) is 1.97. The fourth-order valence-electron chi connectivity index (χ4n) is 1.32.